The average molecular weight is 444 g/mol. The predicted molar refractivity (Wildman–Crippen MR) is 119 cm³/mol. The van der Waals surface area contributed by atoms with E-state index in [0.29, 0.717) is 37.7 Å². The molecule has 0 spiro atoms. The molecule has 0 aromatic heterocycles. The van der Waals surface area contributed by atoms with Crippen LogP contribution in [0.1, 0.15) is 42.6 Å². The Hall–Kier alpha value is -2.71. The first-order valence-corrected chi connectivity index (χ1v) is 11.9. The van der Waals surface area contributed by atoms with E-state index in [9.17, 15) is 18.0 Å². The first-order chi connectivity index (χ1) is 14.7. The molecule has 0 saturated carbocycles. The van der Waals surface area contributed by atoms with Crippen molar-refractivity contribution in [3.63, 3.8) is 0 Å². The van der Waals surface area contributed by atoms with Crippen LogP contribution in [0.25, 0.3) is 0 Å². The number of nitrogens with one attached hydrogen (secondary N) is 1. The van der Waals surface area contributed by atoms with Crippen LogP contribution in [0.15, 0.2) is 59.5 Å². The number of piperazine rings is 1. The van der Waals surface area contributed by atoms with Gasteiger partial charge in [0.1, 0.15) is 0 Å². The highest BCUT2D eigenvalue weighted by atomic mass is 32.2. The molecule has 31 heavy (non-hydrogen) atoms. The smallest absolute Gasteiger partial charge is 0.253 e. The quantitative estimate of drug-likeness (QED) is 0.743. The molecule has 1 N–H and O–H groups in total. The monoisotopic (exact) mass is 443 g/mol. The van der Waals surface area contributed by atoms with Gasteiger partial charge in [0.25, 0.3) is 5.91 Å². The fraction of sp³-hybridized carbons (Fsp3) is 0.391. The molecule has 2 amide bonds. The highest BCUT2D eigenvalue weighted by Gasteiger charge is 2.29. The van der Waals surface area contributed by atoms with Crippen molar-refractivity contribution >= 4 is 21.8 Å². The summed E-state index contributed by atoms with van der Waals surface area (Å²) >= 11 is 0. The molecule has 1 fully saturated rings. The SMILES string of the molecule is CC(C)c1ccc(C(=O)N2CCN(C(=O)[C@H](C)NS(=O)(=O)c3ccccc3)CC2)cc1. The molecule has 1 aliphatic heterocycles. The van der Waals surface area contributed by atoms with Crippen molar-refractivity contribution in [1.29, 1.82) is 0 Å². The maximum atomic E-state index is 12.8. The molecule has 1 aliphatic rings. The zero-order chi connectivity index (χ0) is 22.6. The van der Waals surface area contributed by atoms with E-state index in [1.807, 2.05) is 24.3 Å². The van der Waals surface area contributed by atoms with Crippen molar-refractivity contribution in [2.45, 2.75) is 37.6 Å². The standard InChI is InChI=1S/C23H29N3O4S/c1-17(2)19-9-11-20(12-10-19)23(28)26-15-13-25(14-16-26)22(27)18(3)24-31(29,30)21-7-5-4-6-8-21/h4-12,17-18,24H,13-16H2,1-3H3/t18-/m0/s1. The van der Waals surface area contributed by atoms with Crippen molar-refractivity contribution in [2.24, 2.45) is 0 Å². The third kappa shape index (κ3) is 5.51. The Labute approximate surface area is 184 Å². The van der Waals surface area contributed by atoms with Gasteiger partial charge in [-0.15, -0.1) is 0 Å². The van der Waals surface area contributed by atoms with Gasteiger partial charge in [-0.2, -0.15) is 4.72 Å². The zero-order valence-corrected chi connectivity index (χ0v) is 18.9. The Kier molecular flexibility index (Phi) is 7.12. The molecule has 0 unspecified atom stereocenters. The van der Waals surface area contributed by atoms with Gasteiger partial charge in [0.15, 0.2) is 0 Å². The van der Waals surface area contributed by atoms with Gasteiger partial charge >= 0.3 is 0 Å². The molecule has 1 heterocycles. The summed E-state index contributed by atoms with van der Waals surface area (Å²) in [6.45, 7) is 7.31. The van der Waals surface area contributed by atoms with E-state index >= 15 is 0 Å². The Morgan fingerprint density at radius 3 is 1.94 bits per heavy atom. The van der Waals surface area contributed by atoms with E-state index in [1.54, 1.807) is 28.0 Å². The topological polar surface area (TPSA) is 86.8 Å². The van der Waals surface area contributed by atoms with Gasteiger partial charge in [0.2, 0.25) is 15.9 Å². The Morgan fingerprint density at radius 1 is 0.839 bits per heavy atom. The summed E-state index contributed by atoms with van der Waals surface area (Å²) in [7, 11) is -3.78. The van der Waals surface area contributed by atoms with Gasteiger partial charge in [-0.05, 0) is 42.7 Å². The van der Waals surface area contributed by atoms with Crippen molar-refractivity contribution in [3.8, 4) is 0 Å². The number of carbonyl (C=O) groups is 2. The maximum Gasteiger partial charge on any atom is 0.253 e. The van der Waals surface area contributed by atoms with Gasteiger partial charge in [0, 0.05) is 31.7 Å². The molecule has 8 heteroatoms. The van der Waals surface area contributed by atoms with Gasteiger partial charge in [-0.3, -0.25) is 9.59 Å². The van der Waals surface area contributed by atoms with Crippen LogP contribution in [0.3, 0.4) is 0 Å². The van der Waals surface area contributed by atoms with Crippen LogP contribution in [-0.4, -0.2) is 62.3 Å². The first kappa shape index (κ1) is 23.0. The molecule has 2 aromatic carbocycles. The van der Waals surface area contributed by atoms with Crippen LogP contribution < -0.4 is 4.72 Å². The minimum Gasteiger partial charge on any atom is -0.338 e. The van der Waals surface area contributed by atoms with Crippen LogP contribution in [-0.2, 0) is 14.8 Å². The van der Waals surface area contributed by atoms with Crippen molar-refractivity contribution < 1.29 is 18.0 Å². The number of hydrogen-bond donors (Lipinski definition) is 1. The molecule has 0 bridgehead atoms. The summed E-state index contributed by atoms with van der Waals surface area (Å²) in [5.41, 5.74) is 1.81. The van der Waals surface area contributed by atoms with Gasteiger partial charge in [0.05, 0.1) is 10.9 Å². The van der Waals surface area contributed by atoms with Crippen LogP contribution in [0, 0.1) is 0 Å². The van der Waals surface area contributed by atoms with Crippen molar-refractivity contribution in [1.82, 2.24) is 14.5 Å². The molecule has 1 atom stereocenters. The highest BCUT2D eigenvalue weighted by molar-refractivity contribution is 7.89. The van der Waals surface area contributed by atoms with Gasteiger partial charge in [-0.25, -0.2) is 8.42 Å². The second-order valence-corrected chi connectivity index (χ2v) is 9.76. The molecular weight excluding hydrogens is 414 g/mol. The molecular formula is C23H29N3O4S. The maximum absolute atomic E-state index is 12.8. The summed E-state index contributed by atoms with van der Waals surface area (Å²) in [6, 6.07) is 14.7. The van der Waals surface area contributed by atoms with Crippen LogP contribution >= 0.6 is 0 Å². The number of nitrogens with zero attached hydrogens (tertiary/aromatic N) is 2. The molecule has 1 saturated heterocycles. The Morgan fingerprint density at radius 2 is 1.39 bits per heavy atom. The molecule has 7 nitrogen and oxygen atoms in total. The number of benzene rings is 2. The molecule has 0 aliphatic carbocycles. The normalized spacial score (nSPS) is 15.7. The predicted octanol–water partition coefficient (Wildman–Crippen LogP) is 2.46. The highest BCUT2D eigenvalue weighted by Crippen LogP contribution is 2.17. The number of amides is 2. The van der Waals surface area contributed by atoms with E-state index in [1.165, 1.54) is 24.6 Å². The Balaban J connectivity index is 1.56. The Bertz CT molecular complexity index is 1010. The number of hydrogen-bond acceptors (Lipinski definition) is 4. The molecule has 166 valence electrons. The molecule has 2 aromatic rings. The van der Waals surface area contributed by atoms with E-state index in [4.69, 9.17) is 0 Å². The van der Waals surface area contributed by atoms with E-state index < -0.39 is 16.1 Å². The second-order valence-electron chi connectivity index (χ2n) is 8.05. The lowest BCUT2D eigenvalue weighted by atomic mass is 10.0. The summed E-state index contributed by atoms with van der Waals surface area (Å²) in [5.74, 6) is 0.0492. The van der Waals surface area contributed by atoms with Gasteiger partial charge in [-0.1, -0.05) is 44.2 Å². The van der Waals surface area contributed by atoms with Crippen LogP contribution in [0.2, 0.25) is 0 Å². The molecule has 3 rings (SSSR count). The van der Waals surface area contributed by atoms with Crippen molar-refractivity contribution in [2.75, 3.05) is 26.2 Å². The summed E-state index contributed by atoms with van der Waals surface area (Å²) in [6.07, 6.45) is 0. The zero-order valence-electron chi connectivity index (χ0n) is 18.1. The third-order valence-electron chi connectivity index (χ3n) is 5.46. The van der Waals surface area contributed by atoms with Crippen LogP contribution in [0.5, 0.6) is 0 Å². The molecule has 0 radical (unpaired) electrons. The minimum atomic E-state index is -3.78. The third-order valence-corrected chi connectivity index (χ3v) is 7.02. The average Bonchev–Trinajstić information content (AvgIpc) is 2.78. The second kappa shape index (κ2) is 9.62. The summed E-state index contributed by atoms with van der Waals surface area (Å²) < 4.78 is 27.4. The number of carbonyl (C=O) groups excluding carboxylic acids is 2. The fourth-order valence-corrected chi connectivity index (χ4v) is 4.77. The van der Waals surface area contributed by atoms with Crippen molar-refractivity contribution in [3.05, 3.63) is 65.7 Å². The lowest BCUT2D eigenvalue weighted by Crippen LogP contribution is -2.55. The van der Waals surface area contributed by atoms with Crippen LogP contribution in [0.4, 0.5) is 0 Å². The van der Waals surface area contributed by atoms with E-state index in [2.05, 4.69) is 18.6 Å². The fourth-order valence-electron chi connectivity index (χ4n) is 3.55. The summed E-state index contributed by atoms with van der Waals surface area (Å²) in [4.78, 5) is 29.0. The lowest BCUT2D eigenvalue weighted by molar-refractivity contribution is -0.134. The van der Waals surface area contributed by atoms with Gasteiger partial charge < -0.3 is 9.80 Å². The lowest BCUT2D eigenvalue weighted by Gasteiger charge is -2.36. The minimum absolute atomic E-state index is 0.0553. The number of sulfonamides is 1. The summed E-state index contributed by atoms with van der Waals surface area (Å²) in [5, 5.41) is 0. The number of rotatable bonds is 6. The first-order valence-electron chi connectivity index (χ1n) is 10.4. The van der Waals surface area contributed by atoms with E-state index in [0.717, 1.165) is 0 Å². The largest absolute Gasteiger partial charge is 0.338 e. The van der Waals surface area contributed by atoms with E-state index in [-0.39, 0.29) is 16.7 Å².